The van der Waals surface area contributed by atoms with Crippen LogP contribution in [0.15, 0.2) is 0 Å². The topological polar surface area (TPSA) is 60.7 Å². The van der Waals surface area contributed by atoms with Crippen molar-refractivity contribution < 1.29 is 15.3 Å². The summed E-state index contributed by atoms with van der Waals surface area (Å²) in [6.07, 6.45) is 12.4. The summed E-state index contributed by atoms with van der Waals surface area (Å²) in [7, 11) is 0. The van der Waals surface area contributed by atoms with Crippen LogP contribution in [0.1, 0.15) is 65.2 Å². The lowest BCUT2D eigenvalue weighted by Crippen LogP contribution is -2.60. The highest BCUT2D eigenvalue weighted by molar-refractivity contribution is 5.24. The fourth-order valence-electron chi connectivity index (χ4n) is 7.46. The van der Waals surface area contributed by atoms with E-state index in [2.05, 4.69) is 19.8 Å². The van der Waals surface area contributed by atoms with Gasteiger partial charge in [0.05, 0.1) is 12.2 Å². The number of hydrogen-bond acceptors (Lipinski definition) is 3. The third kappa shape index (κ3) is 1.97. The lowest BCUT2D eigenvalue weighted by Gasteiger charge is -2.62. The van der Waals surface area contributed by atoms with E-state index in [4.69, 9.17) is 6.42 Å². The Kier molecular flexibility index (Phi) is 3.67. The van der Waals surface area contributed by atoms with Gasteiger partial charge in [-0.25, -0.2) is 0 Å². The van der Waals surface area contributed by atoms with Crippen molar-refractivity contribution >= 4 is 0 Å². The van der Waals surface area contributed by atoms with E-state index in [9.17, 15) is 15.3 Å². The molecule has 0 spiro atoms. The summed E-state index contributed by atoms with van der Waals surface area (Å²) in [6, 6.07) is 0. The molecule has 0 heterocycles. The molecule has 4 saturated carbocycles. The second-order valence-electron chi connectivity index (χ2n) is 9.72. The highest BCUT2D eigenvalue weighted by atomic mass is 16.3. The fraction of sp³-hybridized carbons (Fsp3) is 0.905. The second-order valence-corrected chi connectivity index (χ2v) is 9.72. The van der Waals surface area contributed by atoms with Crippen LogP contribution in [0.5, 0.6) is 0 Å². The van der Waals surface area contributed by atoms with Crippen molar-refractivity contribution in [3.63, 3.8) is 0 Å². The van der Waals surface area contributed by atoms with Gasteiger partial charge in [-0.05, 0) is 80.5 Å². The zero-order valence-electron chi connectivity index (χ0n) is 15.0. The van der Waals surface area contributed by atoms with Gasteiger partial charge < -0.3 is 15.3 Å². The second kappa shape index (κ2) is 5.22. The van der Waals surface area contributed by atoms with Gasteiger partial charge in [-0.3, -0.25) is 0 Å². The highest BCUT2D eigenvalue weighted by Crippen LogP contribution is 2.68. The van der Waals surface area contributed by atoms with Crippen LogP contribution in [0.25, 0.3) is 0 Å². The number of rotatable bonds is 0. The van der Waals surface area contributed by atoms with E-state index >= 15 is 0 Å². The van der Waals surface area contributed by atoms with Gasteiger partial charge >= 0.3 is 0 Å². The molecule has 4 aliphatic rings. The Morgan fingerprint density at radius 1 is 0.958 bits per heavy atom. The Bertz CT molecular complexity index is 568. The molecule has 0 aromatic heterocycles. The smallest absolute Gasteiger partial charge is 0.130 e. The van der Waals surface area contributed by atoms with Gasteiger partial charge in [0.25, 0.3) is 0 Å². The van der Waals surface area contributed by atoms with Crippen LogP contribution in [-0.4, -0.2) is 33.1 Å². The van der Waals surface area contributed by atoms with E-state index in [1.54, 1.807) is 0 Å². The maximum atomic E-state index is 11.0. The lowest BCUT2D eigenvalue weighted by molar-refractivity contribution is -0.183. The number of aliphatic hydroxyl groups excluding tert-OH is 2. The minimum absolute atomic E-state index is 0.196. The fourth-order valence-corrected chi connectivity index (χ4v) is 7.46. The monoisotopic (exact) mass is 332 g/mol. The van der Waals surface area contributed by atoms with E-state index in [1.807, 2.05) is 0 Å². The van der Waals surface area contributed by atoms with Crippen molar-refractivity contribution in [2.45, 2.75) is 83.0 Å². The molecule has 9 atom stereocenters. The largest absolute Gasteiger partial charge is 0.393 e. The summed E-state index contributed by atoms with van der Waals surface area (Å²) in [5.41, 5.74) is -1.05. The third-order valence-electron chi connectivity index (χ3n) is 9.05. The Morgan fingerprint density at radius 2 is 1.67 bits per heavy atom. The molecule has 0 saturated heterocycles. The molecule has 0 aromatic rings. The van der Waals surface area contributed by atoms with Gasteiger partial charge in [-0.1, -0.05) is 19.8 Å². The van der Waals surface area contributed by atoms with Crippen LogP contribution < -0.4 is 0 Å². The quantitative estimate of drug-likeness (QED) is 0.598. The minimum atomic E-state index is -1.01. The molecule has 0 bridgehead atoms. The van der Waals surface area contributed by atoms with Crippen molar-refractivity contribution in [3.05, 3.63) is 0 Å². The van der Waals surface area contributed by atoms with Crippen LogP contribution in [0.2, 0.25) is 0 Å². The van der Waals surface area contributed by atoms with Crippen LogP contribution in [0.4, 0.5) is 0 Å². The standard InChI is InChI=1S/C21H32O3/c1-4-21(24)10-7-16-18-15(6-9-20(16,21)3)19(2)8-5-14(22)11-13(19)12-17(18)23/h1,13-18,22-24H,5-12H2,2-3H3/t13?,14-,15+,16+,17-,18-,19+,20+,21+/m1/s1. The van der Waals surface area contributed by atoms with Gasteiger partial charge in [0.1, 0.15) is 5.60 Å². The molecular weight excluding hydrogens is 300 g/mol. The Hall–Kier alpha value is -0.560. The molecule has 0 amide bonds. The van der Waals surface area contributed by atoms with Crippen molar-refractivity contribution in [3.8, 4) is 12.3 Å². The van der Waals surface area contributed by atoms with E-state index < -0.39 is 5.60 Å². The van der Waals surface area contributed by atoms with Gasteiger partial charge in [0, 0.05) is 5.41 Å². The van der Waals surface area contributed by atoms with Crippen molar-refractivity contribution in [1.82, 2.24) is 0 Å². The van der Waals surface area contributed by atoms with E-state index in [0.29, 0.717) is 24.2 Å². The first-order valence-electron chi connectivity index (χ1n) is 9.81. The molecule has 4 fully saturated rings. The molecule has 4 rings (SSSR count). The summed E-state index contributed by atoms with van der Waals surface area (Å²) in [5.74, 6) is 4.19. The summed E-state index contributed by atoms with van der Waals surface area (Å²) in [4.78, 5) is 0. The number of fused-ring (bicyclic) bond motifs is 5. The number of aliphatic hydroxyl groups is 3. The first-order chi connectivity index (χ1) is 11.2. The molecule has 4 aliphatic carbocycles. The lowest BCUT2D eigenvalue weighted by atomic mass is 9.43. The maximum Gasteiger partial charge on any atom is 0.130 e. The van der Waals surface area contributed by atoms with Crippen LogP contribution >= 0.6 is 0 Å². The molecule has 0 radical (unpaired) electrons. The normalized spacial score (nSPS) is 59.8. The van der Waals surface area contributed by atoms with Crippen LogP contribution in [0, 0.1) is 46.8 Å². The average Bonchev–Trinajstić information content (AvgIpc) is 2.82. The molecule has 3 heteroatoms. The van der Waals surface area contributed by atoms with E-state index in [-0.39, 0.29) is 29.0 Å². The summed E-state index contributed by atoms with van der Waals surface area (Å²) >= 11 is 0. The Balaban J connectivity index is 1.69. The first kappa shape index (κ1) is 16.9. The van der Waals surface area contributed by atoms with Gasteiger partial charge in [0.2, 0.25) is 0 Å². The van der Waals surface area contributed by atoms with Crippen molar-refractivity contribution in [2.75, 3.05) is 0 Å². The minimum Gasteiger partial charge on any atom is -0.393 e. The predicted molar refractivity (Wildman–Crippen MR) is 92.9 cm³/mol. The van der Waals surface area contributed by atoms with Gasteiger partial charge in [0.15, 0.2) is 0 Å². The molecule has 24 heavy (non-hydrogen) atoms. The van der Waals surface area contributed by atoms with E-state index in [1.165, 1.54) is 0 Å². The first-order valence-corrected chi connectivity index (χ1v) is 9.81. The summed E-state index contributed by atoms with van der Waals surface area (Å²) in [5, 5.41) is 32.1. The predicted octanol–water partition coefficient (Wildman–Crippen LogP) is 2.73. The molecule has 134 valence electrons. The zero-order chi connectivity index (χ0) is 17.3. The molecule has 3 N–H and O–H groups in total. The SMILES string of the molecule is C#C[C@]1(O)CC[C@H]2[C@@H]3[C@H](O)CC4C[C@H](O)CC[C@]4(C)[C@H]3CC[C@@]21C. The molecule has 1 unspecified atom stereocenters. The number of hydrogen-bond donors (Lipinski definition) is 3. The summed E-state index contributed by atoms with van der Waals surface area (Å²) in [6.45, 7) is 4.56. The van der Waals surface area contributed by atoms with E-state index in [0.717, 1.165) is 44.9 Å². The summed E-state index contributed by atoms with van der Waals surface area (Å²) < 4.78 is 0. The average molecular weight is 332 g/mol. The number of terminal acetylenes is 1. The molecule has 0 aliphatic heterocycles. The highest BCUT2D eigenvalue weighted by Gasteiger charge is 2.66. The molecular formula is C21H32O3. The van der Waals surface area contributed by atoms with Gasteiger partial charge in [-0.2, -0.15) is 0 Å². The van der Waals surface area contributed by atoms with Crippen molar-refractivity contribution in [2.24, 2.45) is 34.5 Å². The Morgan fingerprint density at radius 3 is 2.38 bits per heavy atom. The van der Waals surface area contributed by atoms with Crippen molar-refractivity contribution in [1.29, 1.82) is 0 Å². The Labute approximate surface area is 145 Å². The van der Waals surface area contributed by atoms with Crippen LogP contribution in [-0.2, 0) is 0 Å². The van der Waals surface area contributed by atoms with Crippen LogP contribution in [0.3, 0.4) is 0 Å². The third-order valence-corrected chi connectivity index (χ3v) is 9.05. The van der Waals surface area contributed by atoms with Gasteiger partial charge in [-0.15, -0.1) is 6.42 Å². The molecule has 0 aromatic carbocycles. The molecule has 3 nitrogen and oxygen atoms in total. The zero-order valence-corrected chi connectivity index (χ0v) is 15.0. The maximum absolute atomic E-state index is 11.0.